The highest BCUT2D eigenvalue weighted by Gasteiger charge is 2.60. The number of ether oxygens (including phenoxy) is 5. The molecule has 5 saturated heterocycles. The van der Waals surface area contributed by atoms with Gasteiger partial charge in [0.05, 0.1) is 19.2 Å². The van der Waals surface area contributed by atoms with Crippen LogP contribution in [0.1, 0.15) is 47.0 Å². The normalized spacial score (nSPS) is 40.9. The molecule has 35 heavy (non-hydrogen) atoms. The number of carbonyl (C=O) groups excluding carboxylic acids is 1. The molecule has 5 heterocycles. The molecule has 0 spiro atoms. The summed E-state index contributed by atoms with van der Waals surface area (Å²) in [6, 6.07) is 1.57. The number of alkyl halides is 1. The molecule has 0 aromatic carbocycles. The molecule has 0 bridgehead atoms. The molecule has 5 aliphatic heterocycles. The van der Waals surface area contributed by atoms with Crippen molar-refractivity contribution in [1.82, 2.24) is 15.1 Å². The first-order valence-electron chi connectivity index (χ1n) is 12.7. The van der Waals surface area contributed by atoms with Gasteiger partial charge < -0.3 is 38.8 Å². The number of hydrogen-bond acceptors (Lipinski definition) is 9. The molecule has 1 N–H and O–H groups in total. The zero-order chi connectivity index (χ0) is 25.0. The number of likely N-dealkylation sites (tertiary alicyclic amines) is 2. The summed E-state index contributed by atoms with van der Waals surface area (Å²) in [5, 5.41) is 12.5. The van der Waals surface area contributed by atoms with Crippen molar-refractivity contribution in [3.63, 3.8) is 0 Å². The fourth-order valence-corrected chi connectivity index (χ4v) is 5.93. The van der Waals surface area contributed by atoms with Gasteiger partial charge in [0.25, 0.3) is 0 Å². The van der Waals surface area contributed by atoms with E-state index < -0.39 is 30.1 Å². The molecule has 5 fully saturated rings. The molecule has 0 aromatic rings. The number of halogens is 1. The summed E-state index contributed by atoms with van der Waals surface area (Å²) in [5.74, 6) is -1.66. The third-order valence-corrected chi connectivity index (χ3v) is 7.54. The number of piperidine rings is 1. The maximum atomic E-state index is 13.6. The number of nitrogens with one attached hydrogen (secondary N) is 1. The number of rotatable bonds is 5. The van der Waals surface area contributed by atoms with Crippen LogP contribution in [0.2, 0.25) is 0 Å². The van der Waals surface area contributed by atoms with Crippen LogP contribution in [0.25, 0.3) is 0 Å². The summed E-state index contributed by atoms with van der Waals surface area (Å²) in [7, 11) is 0. The van der Waals surface area contributed by atoms with Crippen molar-refractivity contribution in [1.29, 1.82) is 5.26 Å². The van der Waals surface area contributed by atoms with Crippen molar-refractivity contribution in [2.75, 3.05) is 32.7 Å². The number of nitrogens with zero attached hydrogens (tertiary/aromatic N) is 3. The maximum Gasteiger partial charge on any atom is 0.237 e. The van der Waals surface area contributed by atoms with E-state index in [4.69, 9.17) is 28.9 Å². The topological polar surface area (TPSA) is 106 Å². The van der Waals surface area contributed by atoms with Crippen LogP contribution in [0.5, 0.6) is 0 Å². The second-order valence-electron chi connectivity index (χ2n) is 11.2. The summed E-state index contributed by atoms with van der Waals surface area (Å²) < 4.78 is 44.5. The number of fused-ring (bicyclic) bond motifs is 3. The summed E-state index contributed by atoms with van der Waals surface area (Å²) in [6.45, 7) is 10.1. The van der Waals surface area contributed by atoms with Crippen LogP contribution in [0, 0.1) is 11.3 Å². The van der Waals surface area contributed by atoms with Gasteiger partial charge in [-0.1, -0.05) is 0 Å². The van der Waals surface area contributed by atoms with E-state index >= 15 is 0 Å². The van der Waals surface area contributed by atoms with E-state index in [1.165, 1.54) is 4.90 Å². The van der Waals surface area contributed by atoms with Gasteiger partial charge >= 0.3 is 0 Å². The Kier molecular flexibility index (Phi) is 6.85. The zero-order valence-electron chi connectivity index (χ0n) is 20.9. The minimum atomic E-state index is -1.11. The van der Waals surface area contributed by atoms with Crippen molar-refractivity contribution in [3.8, 4) is 6.07 Å². The first-order chi connectivity index (χ1) is 16.5. The molecule has 1 unspecified atom stereocenters. The van der Waals surface area contributed by atoms with E-state index in [1.54, 1.807) is 0 Å². The van der Waals surface area contributed by atoms with E-state index in [0.717, 1.165) is 25.9 Å². The Morgan fingerprint density at radius 1 is 1.06 bits per heavy atom. The molecule has 0 aliphatic carbocycles. The molecule has 7 atom stereocenters. The van der Waals surface area contributed by atoms with Gasteiger partial charge in [-0.25, -0.2) is 4.39 Å². The lowest BCUT2D eigenvalue weighted by Crippen LogP contribution is -2.58. The van der Waals surface area contributed by atoms with Crippen LogP contribution in [-0.4, -0.2) is 109 Å². The first kappa shape index (κ1) is 25.3. The third kappa shape index (κ3) is 5.34. The van der Waals surface area contributed by atoms with Gasteiger partial charge in [0, 0.05) is 19.0 Å². The fourth-order valence-electron chi connectivity index (χ4n) is 5.93. The molecule has 10 nitrogen and oxygen atoms in total. The van der Waals surface area contributed by atoms with Crippen molar-refractivity contribution < 1.29 is 32.9 Å². The number of hydrogen-bond donors (Lipinski definition) is 1. The molecule has 1 amide bonds. The van der Waals surface area contributed by atoms with Gasteiger partial charge in [-0.3, -0.25) is 4.79 Å². The van der Waals surface area contributed by atoms with Crippen LogP contribution in [0.15, 0.2) is 0 Å². The molecule has 0 aromatic heterocycles. The van der Waals surface area contributed by atoms with Crippen molar-refractivity contribution in [2.24, 2.45) is 0 Å². The fraction of sp³-hybridized carbons (Fsp3) is 0.917. The minimum Gasteiger partial charge on any atom is -0.342 e. The van der Waals surface area contributed by atoms with Crippen LogP contribution in [-0.2, 0) is 28.5 Å². The standard InChI is InChI=1S/C24H37FN4O6/c1-23(2)32-19-17(31-22-21(20(19)33-23)34-24(3,4)35-22)13-28-7-5-15(6-8-28)27-11-18(30)29-12-14(25)9-16(29)10-26/h14-17,19-22,27H,5-9,11-13H2,1-4H3/t14-,16-,17+,19-,20-,21+,22?/m0/s1. The molecule has 196 valence electrons. The smallest absolute Gasteiger partial charge is 0.237 e. The van der Waals surface area contributed by atoms with Gasteiger partial charge in [0.1, 0.15) is 36.6 Å². The van der Waals surface area contributed by atoms with E-state index in [9.17, 15) is 9.18 Å². The van der Waals surface area contributed by atoms with E-state index in [1.807, 2.05) is 33.8 Å². The number of carbonyl (C=O) groups is 1. The second kappa shape index (κ2) is 9.49. The van der Waals surface area contributed by atoms with Gasteiger partial charge in [-0.05, 0) is 53.6 Å². The zero-order valence-corrected chi connectivity index (χ0v) is 20.9. The lowest BCUT2D eigenvalue weighted by molar-refractivity contribution is -0.237. The summed E-state index contributed by atoms with van der Waals surface area (Å²) in [4.78, 5) is 16.2. The van der Waals surface area contributed by atoms with E-state index in [2.05, 4.69) is 10.2 Å². The predicted molar refractivity (Wildman–Crippen MR) is 121 cm³/mol. The largest absolute Gasteiger partial charge is 0.342 e. The van der Waals surface area contributed by atoms with Crippen molar-refractivity contribution in [3.05, 3.63) is 0 Å². The van der Waals surface area contributed by atoms with Crippen LogP contribution < -0.4 is 5.32 Å². The van der Waals surface area contributed by atoms with Crippen LogP contribution >= 0.6 is 0 Å². The van der Waals surface area contributed by atoms with E-state index in [0.29, 0.717) is 6.54 Å². The number of amides is 1. The Balaban J connectivity index is 1.11. The summed E-state index contributed by atoms with van der Waals surface area (Å²) in [6.07, 6.45) is -0.790. The van der Waals surface area contributed by atoms with Crippen molar-refractivity contribution >= 4 is 5.91 Å². The molecular formula is C24H37FN4O6. The lowest BCUT2D eigenvalue weighted by atomic mass is 9.97. The highest BCUT2D eigenvalue weighted by atomic mass is 19.1. The predicted octanol–water partition coefficient (Wildman–Crippen LogP) is 0.899. The lowest BCUT2D eigenvalue weighted by Gasteiger charge is -2.41. The van der Waals surface area contributed by atoms with Crippen LogP contribution in [0.4, 0.5) is 4.39 Å². The van der Waals surface area contributed by atoms with Crippen molar-refractivity contribution in [2.45, 2.75) is 107 Å². The average molecular weight is 497 g/mol. The molecule has 0 saturated carbocycles. The van der Waals surface area contributed by atoms with Gasteiger partial charge in [0.15, 0.2) is 17.9 Å². The molecule has 11 heteroatoms. The third-order valence-electron chi connectivity index (χ3n) is 7.54. The Bertz CT molecular complexity index is 844. The molecule has 5 aliphatic rings. The summed E-state index contributed by atoms with van der Waals surface area (Å²) in [5.41, 5.74) is 0. The monoisotopic (exact) mass is 496 g/mol. The highest BCUT2D eigenvalue weighted by molar-refractivity contribution is 5.79. The number of nitriles is 1. The Hall–Kier alpha value is -1.39. The minimum absolute atomic E-state index is 0.0110. The quantitative estimate of drug-likeness (QED) is 0.594. The summed E-state index contributed by atoms with van der Waals surface area (Å²) >= 11 is 0. The first-order valence-corrected chi connectivity index (χ1v) is 12.7. The Morgan fingerprint density at radius 3 is 2.43 bits per heavy atom. The van der Waals surface area contributed by atoms with Crippen LogP contribution in [0.3, 0.4) is 0 Å². The maximum absolute atomic E-state index is 13.6. The Morgan fingerprint density at radius 2 is 1.71 bits per heavy atom. The van der Waals surface area contributed by atoms with Gasteiger partial charge in [-0.15, -0.1) is 0 Å². The highest BCUT2D eigenvalue weighted by Crippen LogP contribution is 2.44. The van der Waals surface area contributed by atoms with Gasteiger partial charge in [0.2, 0.25) is 5.91 Å². The van der Waals surface area contributed by atoms with E-state index in [-0.39, 0.29) is 55.9 Å². The average Bonchev–Trinajstić information content (AvgIpc) is 3.43. The SMILES string of the molecule is CC1(C)O[C@@H]2[C@H](O1)[C@H]1OC(C)(C)OC1O[C@@H]2CN1CCC(NCC(=O)N2C[C@@H](F)C[C@H]2C#N)CC1. The Labute approximate surface area is 205 Å². The molecule has 5 rings (SSSR count). The molecular weight excluding hydrogens is 459 g/mol. The molecule has 0 radical (unpaired) electrons. The second-order valence-corrected chi connectivity index (χ2v) is 11.2. The van der Waals surface area contributed by atoms with Gasteiger partial charge in [-0.2, -0.15) is 5.26 Å².